The van der Waals surface area contributed by atoms with Crippen LogP contribution >= 0.6 is 0 Å². The molecule has 30 heavy (non-hydrogen) atoms. The predicted octanol–water partition coefficient (Wildman–Crippen LogP) is 3.66. The molecule has 0 spiro atoms. The summed E-state index contributed by atoms with van der Waals surface area (Å²) >= 11 is 0. The number of carbonyl (C=O) groups is 1. The third-order valence-electron chi connectivity index (χ3n) is 6.22. The average Bonchev–Trinajstić information content (AvgIpc) is 3.10. The fourth-order valence-corrected chi connectivity index (χ4v) is 4.27. The zero-order valence-electron chi connectivity index (χ0n) is 17.4. The molecule has 1 aromatic carbocycles. The number of likely N-dealkylation sites (tertiary alicyclic amines) is 1. The molecule has 1 aliphatic carbocycles. The molecule has 1 unspecified atom stereocenters. The van der Waals surface area contributed by atoms with Crippen LogP contribution in [0.4, 0.5) is 13.2 Å². The van der Waals surface area contributed by atoms with Gasteiger partial charge in [0.1, 0.15) is 0 Å². The molecule has 0 bridgehead atoms. The summed E-state index contributed by atoms with van der Waals surface area (Å²) in [6.07, 6.45) is 5.01. The maximum atomic E-state index is 13.1. The van der Waals surface area contributed by atoms with Crippen molar-refractivity contribution in [2.24, 2.45) is 5.41 Å². The van der Waals surface area contributed by atoms with E-state index in [1.165, 1.54) is 12.1 Å². The third-order valence-corrected chi connectivity index (χ3v) is 6.22. The molecule has 1 N–H and O–H groups in total. The van der Waals surface area contributed by atoms with Gasteiger partial charge in [0.15, 0.2) is 0 Å². The van der Waals surface area contributed by atoms with E-state index in [1.54, 1.807) is 11.9 Å². The topological polar surface area (TPSA) is 43.8 Å². The lowest BCUT2D eigenvalue weighted by Crippen LogP contribution is -2.53. The lowest BCUT2D eigenvalue weighted by Gasteiger charge is -2.43. The van der Waals surface area contributed by atoms with Crippen molar-refractivity contribution in [3.63, 3.8) is 0 Å². The van der Waals surface area contributed by atoms with Gasteiger partial charge >= 0.3 is 6.18 Å². The number of halogens is 3. The number of rotatable bonds is 6. The molecule has 164 valence electrons. The highest BCUT2D eigenvalue weighted by molar-refractivity contribution is 5.79. The first-order chi connectivity index (χ1) is 14.1. The second-order valence-corrected chi connectivity index (χ2v) is 8.59. The fraction of sp³-hybridized carbons (Fsp3) is 0.522. The van der Waals surface area contributed by atoms with Crippen LogP contribution in [0.3, 0.4) is 0 Å². The van der Waals surface area contributed by atoms with Gasteiger partial charge in [0.2, 0.25) is 5.91 Å². The summed E-state index contributed by atoms with van der Waals surface area (Å²) in [5.74, 6) is -0.135. The Balaban J connectivity index is 1.74. The van der Waals surface area contributed by atoms with Gasteiger partial charge in [-0.3, -0.25) is 9.69 Å². The van der Waals surface area contributed by atoms with Crippen LogP contribution < -0.4 is 0 Å². The second kappa shape index (κ2) is 8.94. The number of nitrogens with zero attached hydrogens (tertiary/aromatic N) is 2. The molecule has 0 aromatic heterocycles. The van der Waals surface area contributed by atoms with Gasteiger partial charge in [-0.1, -0.05) is 43.4 Å². The van der Waals surface area contributed by atoms with Crippen molar-refractivity contribution in [1.82, 2.24) is 9.80 Å². The Labute approximate surface area is 175 Å². The number of hydrogen-bond acceptors (Lipinski definition) is 3. The fourth-order valence-electron chi connectivity index (χ4n) is 4.27. The first-order valence-corrected chi connectivity index (χ1v) is 10.2. The first kappa shape index (κ1) is 22.6. The standard InChI is InChI=1S/C23H29F3N2O2/c1-22(11-4-3-5-12-22)20(16-28-13-10-19(29)15-28)27(2)21(30)14-17-6-8-18(9-7-17)23(24,25)26/h3-9,11,19-20,29H,10,12-16H2,1-2H3/t19-,20+,22?/m0/s1. The van der Waals surface area contributed by atoms with Crippen molar-refractivity contribution in [3.8, 4) is 0 Å². The van der Waals surface area contributed by atoms with Crippen LogP contribution in [0, 0.1) is 5.41 Å². The average molecular weight is 422 g/mol. The second-order valence-electron chi connectivity index (χ2n) is 8.59. The van der Waals surface area contributed by atoms with Crippen LogP contribution in [-0.4, -0.2) is 59.6 Å². The Bertz CT molecular complexity index is 804. The number of amides is 1. The summed E-state index contributed by atoms with van der Waals surface area (Å²) < 4.78 is 38.3. The highest BCUT2D eigenvalue weighted by atomic mass is 19.4. The normalized spacial score (nSPS) is 25.5. The van der Waals surface area contributed by atoms with E-state index in [4.69, 9.17) is 0 Å². The summed E-state index contributed by atoms with van der Waals surface area (Å²) in [6, 6.07) is 4.64. The van der Waals surface area contributed by atoms with Crippen molar-refractivity contribution in [2.75, 3.05) is 26.7 Å². The number of aliphatic hydroxyl groups is 1. The molecule has 1 amide bonds. The molecule has 1 aromatic rings. The minimum atomic E-state index is -4.39. The van der Waals surface area contributed by atoms with E-state index >= 15 is 0 Å². The Kier molecular flexibility index (Phi) is 6.72. The molecule has 1 heterocycles. The van der Waals surface area contributed by atoms with E-state index in [1.807, 2.05) is 12.2 Å². The zero-order valence-corrected chi connectivity index (χ0v) is 17.4. The molecule has 2 aliphatic rings. The van der Waals surface area contributed by atoms with Crippen LogP contribution in [0.5, 0.6) is 0 Å². The van der Waals surface area contributed by atoms with Crippen molar-refractivity contribution < 1.29 is 23.1 Å². The number of likely N-dealkylation sites (N-methyl/N-ethyl adjacent to an activating group) is 1. The van der Waals surface area contributed by atoms with Crippen LogP contribution in [0.25, 0.3) is 0 Å². The lowest BCUT2D eigenvalue weighted by molar-refractivity contribution is -0.137. The molecule has 3 atom stereocenters. The van der Waals surface area contributed by atoms with Crippen molar-refractivity contribution in [1.29, 1.82) is 0 Å². The number of carbonyl (C=O) groups excluding carboxylic acids is 1. The zero-order chi connectivity index (χ0) is 21.9. The number of aliphatic hydroxyl groups excluding tert-OH is 1. The SMILES string of the molecule is CN(C(=O)Cc1ccc(C(F)(F)F)cc1)[C@H](CN1CC[C@H](O)C1)C1(C)C=CC=CC1. The van der Waals surface area contributed by atoms with Gasteiger partial charge in [-0.15, -0.1) is 0 Å². The number of allylic oxidation sites excluding steroid dienone is 3. The van der Waals surface area contributed by atoms with E-state index in [-0.39, 0.29) is 29.9 Å². The van der Waals surface area contributed by atoms with Gasteiger partial charge in [0.05, 0.1) is 24.1 Å². The molecule has 0 saturated carbocycles. The van der Waals surface area contributed by atoms with E-state index < -0.39 is 11.7 Å². The smallest absolute Gasteiger partial charge is 0.392 e. The van der Waals surface area contributed by atoms with Gasteiger partial charge in [-0.05, 0) is 30.5 Å². The van der Waals surface area contributed by atoms with Crippen molar-refractivity contribution in [3.05, 3.63) is 59.7 Å². The molecular formula is C23H29F3N2O2. The van der Waals surface area contributed by atoms with Crippen molar-refractivity contribution >= 4 is 5.91 Å². The van der Waals surface area contributed by atoms with E-state index in [2.05, 4.69) is 24.0 Å². The van der Waals surface area contributed by atoms with E-state index in [0.29, 0.717) is 18.7 Å². The predicted molar refractivity (Wildman–Crippen MR) is 110 cm³/mol. The van der Waals surface area contributed by atoms with Crippen LogP contribution in [0.1, 0.15) is 30.9 Å². The quantitative estimate of drug-likeness (QED) is 0.761. The molecule has 1 fully saturated rings. The van der Waals surface area contributed by atoms with Crippen LogP contribution in [-0.2, 0) is 17.4 Å². The Morgan fingerprint density at radius 2 is 2.00 bits per heavy atom. The Hall–Kier alpha value is -2.12. The Morgan fingerprint density at radius 3 is 2.53 bits per heavy atom. The van der Waals surface area contributed by atoms with E-state index in [0.717, 1.165) is 31.5 Å². The number of hydrogen-bond donors (Lipinski definition) is 1. The molecule has 1 saturated heterocycles. The van der Waals surface area contributed by atoms with E-state index in [9.17, 15) is 23.1 Å². The minimum absolute atomic E-state index is 0.0450. The minimum Gasteiger partial charge on any atom is -0.392 e. The molecular weight excluding hydrogens is 393 g/mol. The summed E-state index contributed by atoms with van der Waals surface area (Å²) in [4.78, 5) is 17.0. The summed E-state index contributed by atoms with van der Waals surface area (Å²) in [5, 5.41) is 9.88. The summed E-state index contributed by atoms with van der Waals surface area (Å²) in [5.41, 5.74) is -0.420. The van der Waals surface area contributed by atoms with Gasteiger partial charge in [0.25, 0.3) is 0 Å². The molecule has 4 nitrogen and oxygen atoms in total. The number of benzene rings is 1. The van der Waals surface area contributed by atoms with Crippen LogP contribution in [0.15, 0.2) is 48.6 Å². The van der Waals surface area contributed by atoms with Gasteiger partial charge in [-0.25, -0.2) is 0 Å². The highest BCUT2D eigenvalue weighted by Gasteiger charge is 2.39. The highest BCUT2D eigenvalue weighted by Crippen LogP contribution is 2.35. The number of β-amino-alcohol motifs (C(OH)–C–C–N with tert-alkyl or cyclic N) is 1. The summed E-state index contributed by atoms with van der Waals surface area (Å²) in [7, 11) is 1.76. The third kappa shape index (κ3) is 5.32. The molecule has 0 radical (unpaired) electrons. The van der Waals surface area contributed by atoms with Gasteiger partial charge < -0.3 is 10.0 Å². The Morgan fingerprint density at radius 1 is 1.30 bits per heavy atom. The molecule has 3 rings (SSSR count). The largest absolute Gasteiger partial charge is 0.416 e. The van der Waals surface area contributed by atoms with Gasteiger partial charge in [-0.2, -0.15) is 13.2 Å². The van der Waals surface area contributed by atoms with Gasteiger partial charge in [0, 0.05) is 32.1 Å². The molecule has 1 aliphatic heterocycles. The maximum absolute atomic E-state index is 13.1. The maximum Gasteiger partial charge on any atom is 0.416 e. The molecule has 7 heteroatoms. The number of alkyl halides is 3. The summed E-state index contributed by atoms with van der Waals surface area (Å²) in [6.45, 7) is 4.13. The van der Waals surface area contributed by atoms with Crippen molar-refractivity contribution in [2.45, 2.75) is 44.5 Å². The first-order valence-electron chi connectivity index (χ1n) is 10.2. The monoisotopic (exact) mass is 422 g/mol. The van der Waals surface area contributed by atoms with Crippen LogP contribution in [0.2, 0.25) is 0 Å². The lowest BCUT2D eigenvalue weighted by atomic mass is 9.76.